The van der Waals surface area contributed by atoms with Crippen molar-refractivity contribution in [1.82, 2.24) is 10.3 Å². The van der Waals surface area contributed by atoms with E-state index >= 15 is 0 Å². The van der Waals surface area contributed by atoms with Crippen LogP contribution in [0.1, 0.15) is 24.2 Å². The molecule has 1 saturated heterocycles. The Bertz CT molecular complexity index is 509. The zero-order chi connectivity index (χ0) is 16.3. The number of hydrogen-bond acceptors (Lipinski definition) is 4. The molecule has 1 N–H and O–H groups in total. The third-order valence-electron chi connectivity index (χ3n) is 3.20. The summed E-state index contributed by atoms with van der Waals surface area (Å²) in [5.74, 6) is -0.116. The summed E-state index contributed by atoms with van der Waals surface area (Å²) in [4.78, 5) is 17.8. The first kappa shape index (κ1) is 16.5. The van der Waals surface area contributed by atoms with Crippen molar-refractivity contribution in [3.05, 3.63) is 23.9 Å². The van der Waals surface area contributed by atoms with E-state index in [1.54, 1.807) is 6.07 Å². The molecule has 0 saturated carbocycles. The van der Waals surface area contributed by atoms with Gasteiger partial charge in [0.05, 0.1) is 17.8 Å². The number of pyridine rings is 1. The summed E-state index contributed by atoms with van der Waals surface area (Å²) in [5, 5.41) is 1.81. The summed E-state index contributed by atoms with van der Waals surface area (Å²) >= 11 is 0. The van der Waals surface area contributed by atoms with Gasteiger partial charge in [0.1, 0.15) is 12.4 Å². The molecule has 0 unspecified atom stereocenters. The van der Waals surface area contributed by atoms with Gasteiger partial charge in [0.2, 0.25) is 0 Å². The average Bonchev–Trinajstić information content (AvgIpc) is 2.43. The van der Waals surface area contributed by atoms with E-state index < -0.39 is 18.6 Å². The standard InChI is InChI=1S/C14H18F3N3O2/c1-9-6-20(7-10(2)22-9)12-4-3-11(5-18-12)13(21)19-8-14(15,16)17/h3-5,9-10H,6-8H2,1-2H3,(H,19,21)/t9-,10-/m1/s1. The number of nitrogens with one attached hydrogen (secondary N) is 1. The first-order valence-electron chi connectivity index (χ1n) is 6.96. The SMILES string of the molecule is C[C@@H]1CN(c2ccc(C(=O)NCC(F)(F)F)cn2)C[C@@H](C)O1. The number of carbonyl (C=O) groups excluding carboxylic acids is 1. The molecule has 2 rings (SSSR count). The van der Waals surface area contributed by atoms with Crippen LogP contribution in [0.3, 0.4) is 0 Å². The monoisotopic (exact) mass is 317 g/mol. The Morgan fingerprint density at radius 2 is 2.00 bits per heavy atom. The van der Waals surface area contributed by atoms with Gasteiger partial charge in [-0.15, -0.1) is 0 Å². The van der Waals surface area contributed by atoms with E-state index in [1.165, 1.54) is 12.3 Å². The maximum atomic E-state index is 12.1. The van der Waals surface area contributed by atoms with E-state index in [2.05, 4.69) is 4.98 Å². The number of anilines is 1. The predicted molar refractivity (Wildman–Crippen MR) is 74.8 cm³/mol. The Morgan fingerprint density at radius 3 is 2.50 bits per heavy atom. The minimum absolute atomic E-state index is 0.0697. The Balaban J connectivity index is 1.99. The molecule has 0 aromatic carbocycles. The van der Waals surface area contributed by atoms with Crippen LogP contribution < -0.4 is 10.2 Å². The van der Waals surface area contributed by atoms with Gasteiger partial charge in [-0.3, -0.25) is 4.79 Å². The lowest BCUT2D eigenvalue weighted by molar-refractivity contribution is -0.123. The molecule has 1 amide bonds. The maximum absolute atomic E-state index is 12.1. The Hall–Kier alpha value is -1.83. The van der Waals surface area contributed by atoms with Crippen LogP contribution >= 0.6 is 0 Å². The minimum atomic E-state index is -4.43. The third kappa shape index (κ3) is 4.59. The van der Waals surface area contributed by atoms with Crippen LogP contribution in [0.15, 0.2) is 18.3 Å². The van der Waals surface area contributed by atoms with Gasteiger partial charge in [0.15, 0.2) is 0 Å². The molecule has 1 fully saturated rings. The summed E-state index contributed by atoms with van der Waals surface area (Å²) in [7, 11) is 0. The number of aromatic nitrogens is 1. The molecule has 1 aliphatic heterocycles. The van der Waals surface area contributed by atoms with Crippen molar-refractivity contribution < 1.29 is 22.7 Å². The van der Waals surface area contributed by atoms with Gasteiger partial charge in [0.25, 0.3) is 5.91 Å². The van der Waals surface area contributed by atoms with Crippen molar-refractivity contribution in [2.45, 2.75) is 32.2 Å². The van der Waals surface area contributed by atoms with Crippen molar-refractivity contribution in [3.63, 3.8) is 0 Å². The zero-order valence-corrected chi connectivity index (χ0v) is 12.4. The third-order valence-corrected chi connectivity index (χ3v) is 3.20. The summed E-state index contributed by atoms with van der Waals surface area (Å²) in [6.07, 6.45) is -3.00. The molecule has 2 atom stereocenters. The van der Waals surface area contributed by atoms with Crippen LogP contribution in [0, 0.1) is 0 Å². The van der Waals surface area contributed by atoms with Gasteiger partial charge < -0.3 is 15.0 Å². The molecule has 0 bridgehead atoms. The summed E-state index contributed by atoms with van der Waals surface area (Å²) < 4.78 is 41.8. The van der Waals surface area contributed by atoms with E-state index in [9.17, 15) is 18.0 Å². The van der Waals surface area contributed by atoms with Gasteiger partial charge in [-0.05, 0) is 26.0 Å². The zero-order valence-electron chi connectivity index (χ0n) is 12.4. The number of carbonyl (C=O) groups is 1. The van der Waals surface area contributed by atoms with Crippen LogP contribution in [0.5, 0.6) is 0 Å². The normalized spacial score (nSPS) is 22.5. The number of morpholine rings is 1. The molecule has 2 heterocycles. The van der Waals surface area contributed by atoms with E-state index in [1.807, 2.05) is 24.1 Å². The molecular weight excluding hydrogens is 299 g/mol. The van der Waals surface area contributed by atoms with Crippen molar-refractivity contribution >= 4 is 11.7 Å². The number of nitrogens with zero attached hydrogens (tertiary/aromatic N) is 2. The number of halogens is 3. The second kappa shape index (κ2) is 6.51. The first-order chi connectivity index (χ1) is 10.2. The second-order valence-corrected chi connectivity index (χ2v) is 5.37. The maximum Gasteiger partial charge on any atom is 0.405 e. The summed E-state index contributed by atoms with van der Waals surface area (Å²) in [6.45, 7) is 3.92. The lowest BCUT2D eigenvalue weighted by atomic mass is 10.2. The Labute approximate surface area is 126 Å². The van der Waals surface area contributed by atoms with Crippen LogP contribution in [0.4, 0.5) is 19.0 Å². The van der Waals surface area contributed by atoms with E-state index in [0.29, 0.717) is 18.9 Å². The van der Waals surface area contributed by atoms with Crippen LogP contribution in [-0.2, 0) is 4.74 Å². The quantitative estimate of drug-likeness (QED) is 0.926. The largest absolute Gasteiger partial charge is 0.405 e. The number of alkyl halides is 3. The van der Waals surface area contributed by atoms with Crippen molar-refractivity contribution in [1.29, 1.82) is 0 Å². The van der Waals surface area contributed by atoms with E-state index in [4.69, 9.17) is 4.74 Å². The molecule has 1 aromatic heterocycles. The molecule has 0 radical (unpaired) electrons. The van der Waals surface area contributed by atoms with Crippen LogP contribution in [0.2, 0.25) is 0 Å². The molecule has 5 nitrogen and oxygen atoms in total. The van der Waals surface area contributed by atoms with E-state index in [-0.39, 0.29) is 17.8 Å². The summed E-state index contributed by atoms with van der Waals surface area (Å²) in [5.41, 5.74) is 0.0994. The lowest BCUT2D eigenvalue weighted by Gasteiger charge is -2.36. The predicted octanol–water partition coefficient (Wildman–Crippen LogP) is 1.99. The average molecular weight is 317 g/mol. The van der Waals surface area contributed by atoms with Gasteiger partial charge in [-0.25, -0.2) is 4.98 Å². The highest BCUT2D eigenvalue weighted by Crippen LogP contribution is 2.18. The second-order valence-electron chi connectivity index (χ2n) is 5.37. The molecular formula is C14H18F3N3O2. The highest BCUT2D eigenvalue weighted by atomic mass is 19.4. The fourth-order valence-electron chi connectivity index (χ4n) is 2.35. The highest BCUT2D eigenvalue weighted by Gasteiger charge is 2.28. The molecule has 8 heteroatoms. The van der Waals surface area contributed by atoms with Crippen molar-refractivity contribution in [2.75, 3.05) is 24.5 Å². The van der Waals surface area contributed by atoms with E-state index in [0.717, 1.165) is 0 Å². The smallest absolute Gasteiger partial charge is 0.372 e. The summed E-state index contributed by atoms with van der Waals surface area (Å²) in [6, 6.07) is 3.10. The van der Waals surface area contributed by atoms with Gasteiger partial charge in [0, 0.05) is 19.3 Å². The topological polar surface area (TPSA) is 54.5 Å². The molecule has 0 aliphatic carbocycles. The molecule has 22 heavy (non-hydrogen) atoms. The number of amides is 1. The lowest BCUT2D eigenvalue weighted by Crippen LogP contribution is -2.45. The van der Waals surface area contributed by atoms with Gasteiger partial charge >= 0.3 is 6.18 Å². The minimum Gasteiger partial charge on any atom is -0.372 e. The Morgan fingerprint density at radius 1 is 1.36 bits per heavy atom. The fraction of sp³-hybridized carbons (Fsp3) is 0.571. The van der Waals surface area contributed by atoms with Gasteiger partial charge in [-0.1, -0.05) is 0 Å². The molecule has 0 spiro atoms. The van der Waals surface area contributed by atoms with Gasteiger partial charge in [-0.2, -0.15) is 13.2 Å². The Kier molecular flexibility index (Phi) is 4.90. The van der Waals surface area contributed by atoms with Crippen molar-refractivity contribution in [2.24, 2.45) is 0 Å². The molecule has 1 aromatic rings. The number of rotatable bonds is 3. The van der Waals surface area contributed by atoms with Crippen LogP contribution in [-0.4, -0.2) is 48.9 Å². The highest BCUT2D eigenvalue weighted by molar-refractivity contribution is 5.94. The first-order valence-corrected chi connectivity index (χ1v) is 6.96. The molecule has 122 valence electrons. The van der Waals surface area contributed by atoms with Crippen molar-refractivity contribution in [3.8, 4) is 0 Å². The number of hydrogen-bond donors (Lipinski definition) is 1. The van der Waals surface area contributed by atoms with Crippen LogP contribution in [0.25, 0.3) is 0 Å². The fourth-order valence-corrected chi connectivity index (χ4v) is 2.35. The number of ether oxygens (including phenoxy) is 1. The molecule has 1 aliphatic rings.